The Hall–Kier alpha value is -1.66. The Morgan fingerprint density at radius 2 is 2.00 bits per heavy atom. The molecule has 0 bridgehead atoms. The van der Waals surface area contributed by atoms with Crippen molar-refractivity contribution in [2.45, 2.75) is 25.9 Å². The normalized spacial score (nSPS) is 19.6. The van der Waals surface area contributed by atoms with Crippen LogP contribution in [-0.4, -0.2) is 36.8 Å². The largest absolute Gasteiger partial charge is 0.330 e. The molecule has 23 heavy (non-hydrogen) atoms. The van der Waals surface area contributed by atoms with Gasteiger partial charge in [-0.15, -0.1) is 11.3 Å². The minimum absolute atomic E-state index is 0.0655. The molecular weight excluding hydrogens is 330 g/mol. The summed E-state index contributed by atoms with van der Waals surface area (Å²) in [5.74, 6) is 0.151. The molecule has 1 aliphatic rings. The fraction of sp³-hybridized carbons (Fsp3) is 0.353. The summed E-state index contributed by atoms with van der Waals surface area (Å²) in [5, 5.41) is 1.86. The van der Waals surface area contributed by atoms with Gasteiger partial charge in [-0.25, -0.2) is 8.42 Å². The fourth-order valence-electron chi connectivity index (χ4n) is 2.82. The molecule has 1 fully saturated rings. The zero-order valence-electron chi connectivity index (χ0n) is 12.9. The van der Waals surface area contributed by atoms with Gasteiger partial charge in [-0.3, -0.25) is 4.79 Å². The standard InChI is InChI=1S/C17H19NO3S2/c1-13-4-6-14(7-5-13)11-18(15-8-10-23(20,21)12-15)17(19)16-3-2-9-22-16/h2-7,9,15H,8,10-12H2,1H3/t15-/m1/s1. The van der Waals surface area contributed by atoms with Crippen LogP contribution in [0.4, 0.5) is 0 Å². The molecule has 0 aliphatic carbocycles. The second-order valence-electron chi connectivity index (χ2n) is 5.95. The van der Waals surface area contributed by atoms with Crippen molar-refractivity contribution in [2.24, 2.45) is 0 Å². The van der Waals surface area contributed by atoms with Crippen molar-refractivity contribution in [2.75, 3.05) is 11.5 Å². The lowest BCUT2D eigenvalue weighted by Crippen LogP contribution is -2.40. The van der Waals surface area contributed by atoms with E-state index >= 15 is 0 Å². The third kappa shape index (κ3) is 3.82. The first-order valence-electron chi connectivity index (χ1n) is 7.55. The summed E-state index contributed by atoms with van der Waals surface area (Å²) in [6, 6.07) is 11.4. The Kier molecular flexibility index (Phi) is 4.55. The minimum atomic E-state index is -3.03. The van der Waals surface area contributed by atoms with Gasteiger partial charge in [-0.1, -0.05) is 35.9 Å². The molecule has 0 saturated carbocycles. The highest BCUT2D eigenvalue weighted by Gasteiger charge is 2.35. The maximum Gasteiger partial charge on any atom is 0.264 e. The van der Waals surface area contributed by atoms with Gasteiger partial charge in [-0.05, 0) is 30.4 Å². The molecule has 1 aromatic carbocycles. The summed E-state index contributed by atoms with van der Waals surface area (Å²) in [6.07, 6.45) is 0.519. The molecule has 2 heterocycles. The number of nitrogens with zero attached hydrogens (tertiary/aromatic N) is 1. The second kappa shape index (κ2) is 6.45. The lowest BCUT2D eigenvalue weighted by Gasteiger charge is -2.28. The number of amides is 1. The summed E-state index contributed by atoms with van der Waals surface area (Å²) >= 11 is 1.39. The number of hydrogen-bond acceptors (Lipinski definition) is 4. The molecular formula is C17H19NO3S2. The van der Waals surface area contributed by atoms with E-state index in [1.54, 1.807) is 11.0 Å². The summed E-state index contributed by atoms with van der Waals surface area (Å²) in [7, 11) is -3.03. The van der Waals surface area contributed by atoms with Gasteiger partial charge in [0.25, 0.3) is 5.91 Å². The molecule has 1 amide bonds. The first-order chi connectivity index (χ1) is 10.9. The van der Waals surface area contributed by atoms with Crippen molar-refractivity contribution in [3.63, 3.8) is 0 Å². The van der Waals surface area contributed by atoms with Crippen LogP contribution in [0.2, 0.25) is 0 Å². The van der Waals surface area contributed by atoms with Crippen molar-refractivity contribution >= 4 is 27.1 Å². The van der Waals surface area contributed by atoms with Crippen molar-refractivity contribution in [1.29, 1.82) is 0 Å². The predicted octanol–water partition coefficient (Wildman–Crippen LogP) is 2.89. The maximum absolute atomic E-state index is 12.8. The zero-order valence-corrected chi connectivity index (χ0v) is 14.6. The van der Waals surface area contributed by atoms with Gasteiger partial charge in [0.15, 0.2) is 9.84 Å². The van der Waals surface area contributed by atoms with Crippen molar-refractivity contribution in [3.8, 4) is 0 Å². The Balaban J connectivity index is 1.87. The monoisotopic (exact) mass is 349 g/mol. The molecule has 1 saturated heterocycles. The highest BCUT2D eigenvalue weighted by atomic mass is 32.2. The van der Waals surface area contributed by atoms with Crippen LogP contribution in [0.5, 0.6) is 0 Å². The highest BCUT2D eigenvalue weighted by molar-refractivity contribution is 7.91. The Morgan fingerprint density at radius 3 is 2.57 bits per heavy atom. The van der Waals surface area contributed by atoms with Gasteiger partial charge < -0.3 is 4.90 Å². The second-order valence-corrected chi connectivity index (χ2v) is 9.13. The van der Waals surface area contributed by atoms with E-state index in [0.29, 0.717) is 17.8 Å². The van der Waals surface area contributed by atoms with E-state index < -0.39 is 9.84 Å². The summed E-state index contributed by atoms with van der Waals surface area (Å²) in [5.41, 5.74) is 2.18. The van der Waals surface area contributed by atoms with Gasteiger partial charge in [0.2, 0.25) is 0 Å². The SMILES string of the molecule is Cc1ccc(CN(C(=O)c2cccs2)[C@@H]2CCS(=O)(=O)C2)cc1. The average Bonchev–Trinajstić information content (AvgIpc) is 3.15. The summed E-state index contributed by atoms with van der Waals surface area (Å²) in [4.78, 5) is 15.2. The van der Waals surface area contributed by atoms with Crippen molar-refractivity contribution in [1.82, 2.24) is 4.90 Å². The molecule has 1 aliphatic heterocycles. The third-order valence-corrected chi connectivity index (χ3v) is 6.72. The van der Waals surface area contributed by atoms with Gasteiger partial charge in [-0.2, -0.15) is 0 Å². The van der Waals surface area contributed by atoms with Crippen LogP contribution < -0.4 is 0 Å². The molecule has 2 aromatic rings. The first-order valence-corrected chi connectivity index (χ1v) is 10.3. The molecule has 1 atom stereocenters. The number of rotatable bonds is 4. The summed E-state index contributed by atoms with van der Waals surface area (Å²) < 4.78 is 23.6. The molecule has 122 valence electrons. The first kappa shape index (κ1) is 16.2. The van der Waals surface area contributed by atoms with Crippen LogP contribution in [0.3, 0.4) is 0 Å². The molecule has 0 N–H and O–H groups in total. The van der Waals surface area contributed by atoms with E-state index in [0.717, 1.165) is 11.1 Å². The topological polar surface area (TPSA) is 54.5 Å². The van der Waals surface area contributed by atoms with Gasteiger partial charge in [0.05, 0.1) is 16.4 Å². The maximum atomic E-state index is 12.8. The van der Waals surface area contributed by atoms with Crippen LogP contribution in [0, 0.1) is 6.92 Å². The Labute approximate surface area is 140 Å². The molecule has 0 radical (unpaired) electrons. The smallest absolute Gasteiger partial charge is 0.264 e. The Morgan fingerprint density at radius 1 is 1.26 bits per heavy atom. The Bertz CT molecular complexity index is 780. The van der Waals surface area contributed by atoms with Gasteiger partial charge in [0.1, 0.15) is 0 Å². The lowest BCUT2D eigenvalue weighted by atomic mass is 10.1. The van der Waals surface area contributed by atoms with Crippen molar-refractivity contribution < 1.29 is 13.2 Å². The summed E-state index contributed by atoms with van der Waals surface area (Å²) in [6.45, 7) is 2.46. The van der Waals surface area contributed by atoms with Crippen molar-refractivity contribution in [3.05, 3.63) is 57.8 Å². The number of thiophene rings is 1. The van der Waals surface area contributed by atoms with Crippen LogP contribution in [0.1, 0.15) is 27.2 Å². The fourth-order valence-corrected chi connectivity index (χ4v) is 5.23. The zero-order chi connectivity index (χ0) is 16.4. The highest BCUT2D eigenvalue weighted by Crippen LogP contribution is 2.24. The molecule has 1 aromatic heterocycles. The average molecular weight is 349 g/mol. The quantitative estimate of drug-likeness (QED) is 0.853. The number of benzene rings is 1. The molecule has 0 unspecified atom stereocenters. The lowest BCUT2D eigenvalue weighted by molar-refractivity contribution is 0.0686. The van der Waals surface area contributed by atoms with Crippen LogP contribution in [0.15, 0.2) is 41.8 Å². The van der Waals surface area contributed by atoms with E-state index in [-0.39, 0.29) is 23.5 Å². The van der Waals surface area contributed by atoms with Crippen LogP contribution in [-0.2, 0) is 16.4 Å². The minimum Gasteiger partial charge on any atom is -0.330 e. The van der Waals surface area contributed by atoms with E-state index in [9.17, 15) is 13.2 Å². The van der Waals surface area contributed by atoms with Gasteiger partial charge >= 0.3 is 0 Å². The molecule has 0 spiro atoms. The molecule has 3 rings (SSSR count). The van der Waals surface area contributed by atoms with E-state index in [2.05, 4.69) is 0 Å². The van der Waals surface area contributed by atoms with Crippen LogP contribution >= 0.6 is 11.3 Å². The third-order valence-electron chi connectivity index (χ3n) is 4.12. The predicted molar refractivity (Wildman–Crippen MR) is 92.4 cm³/mol. The molecule has 4 nitrogen and oxygen atoms in total. The van der Waals surface area contributed by atoms with E-state index in [4.69, 9.17) is 0 Å². The number of carbonyl (C=O) groups excluding carboxylic acids is 1. The van der Waals surface area contributed by atoms with E-state index in [1.165, 1.54) is 11.3 Å². The van der Waals surface area contributed by atoms with Crippen LogP contribution in [0.25, 0.3) is 0 Å². The number of sulfone groups is 1. The number of hydrogen-bond donors (Lipinski definition) is 0. The molecule has 6 heteroatoms. The number of carbonyl (C=O) groups is 1. The van der Waals surface area contributed by atoms with Gasteiger partial charge in [0, 0.05) is 12.6 Å². The van der Waals surface area contributed by atoms with E-state index in [1.807, 2.05) is 42.6 Å². The number of aryl methyl sites for hydroxylation is 1.